The number of nitrogens with zero attached hydrogens (tertiary/aromatic N) is 6. The molecule has 2 aromatic carbocycles. The molecule has 2 saturated heterocycles. The molecule has 7 rings (SSSR count). The summed E-state index contributed by atoms with van der Waals surface area (Å²) in [6.45, 7) is 7.44. The summed E-state index contributed by atoms with van der Waals surface area (Å²) in [6, 6.07) is 7.00. The lowest BCUT2D eigenvalue weighted by atomic mass is 9.92. The van der Waals surface area contributed by atoms with Gasteiger partial charge in [0.25, 0.3) is 0 Å². The highest BCUT2D eigenvalue weighted by Gasteiger charge is 2.49. The third kappa shape index (κ3) is 7.16. The van der Waals surface area contributed by atoms with E-state index in [2.05, 4.69) is 20.3 Å². The highest BCUT2D eigenvalue weighted by atomic mass is 32.1. The Labute approximate surface area is 322 Å². The van der Waals surface area contributed by atoms with Gasteiger partial charge in [0, 0.05) is 48.7 Å². The molecule has 294 valence electrons. The number of hydrogen-bond acceptors (Lipinski definition) is 10. The molecule has 17 heteroatoms. The Morgan fingerprint density at radius 1 is 1.21 bits per heavy atom. The number of hydrogen-bond donors (Lipinski definition) is 1. The van der Waals surface area contributed by atoms with Crippen LogP contribution in [0.2, 0.25) is 0 Å². The van der Waals surface area contributed by atoms with Crippen LogP contribution in [-0.4, -0.2) is 70.0 Å². The predicted molar refractivity (Wildman–Crippen MR) is 199 cm³/mol. The van der Waals surface area contributed by atoms with Crippen LogP contribution >= 0.6 is 11.3 Å². The molecule has 3 atom stereocenters. The number of anilines is 2. The van der Waals surface area contributed by atoms with Crippen LogP contribution in [0.5, 0.6) is 6.01 Å². The van der Waals surface area contributed by atoms with Gasteiger partial charge >= 0.3 is 18.3 Å². The molecule has 1 amide bonds. The molecule has 56 heavy (non-hydrogen) atoms. The Morgan fingerprint density at radius 2 is 1.98 bits per heavy atom. The lowest BCUT2D eigenvalue weighted by molar-refractivity contribution is -0.137. The van der Waals surface area contributed by atoms with E-state index in [1.54, 1.807) is 64.2 Å². The highest BCUT2D eigenvalue weighted by molar-refractivity contribution is 7.23. The Kier molecular flexibility index (Phi) is 10.0. The fraction of sp³-hybridized carbons (Fsp3) is 0.410. The van der Waals surface area contributed by atoms with Gasteiger partial charge in [-0.15, -0.1) is 11.3 Å². The zero-order valence-corrected chi connectivity index (χ0v) is 31.8. The minimum atomic E-state index is -5.18. The number of benzene rings is 2. The van der Waals surface area contributed by atoms with Crippen molar-refractivity contribution in [2.45, 2.75) is 76.5 Å². The second kappa shape index (κ2) is 14.4. The molecule has 0 radical (unpaired) electrons. The summed E-state index contributed by atoms with van der Waals surface area (Å²) < 4.78 is 104. The number of thiophene rings is 1. The average molecular weight is 798 g/mol. The van der Waals surface area contributed by atoms with Crippen LogP contribution in [0, 0.1) is 23.0 Å². The molecule has 1 N–H and O–H groups in total. The van der Waals surface area contributed by atoms with Gasteiger partial charge in [-0.25, -0.2) is 18.0 Å². The fourth-order valence-electron chi connectivity index (χ4n) is 7.66. The van der Waals surface area contributed by atoms with Crippen LogP contribution in [0.25, 0.3) is 32.1 Å². The van der Waals surface area contributed by atoms with Gasteiger partial charge in [-0.3, -0.25) is 15.2 Å². The van der Waals surface area contributed by atoms with E-state index in [9.17, 15) is 14.4 Å². The average Bonchev–Trinajstić information content (AvgIpc) is 3.79. The quantitative estimate of drug-likeness (QED) is 0.153. The topological polar surface area (TPSA) is 116 Å². The maximum absolute atomic E-state index is 17.4. The van der Waals surface area contributed by atoms with Crippen LogP contribution in [-0.2, 0) is 10.9 Å². The van der Waals surface area contributed by atoms with E-state index in [0.717, 1.165) is 24.6 Å². The van der Waals surface area contributed by atoms with E-state index in [0.29, 0.717) is 29.9 Å². The standard InChI is InChI=1S/C39H37F6N7O3S/c1-20(21-8-6-12-47-17-21)51(5)33-24-14-26(39(43,44)45)29(30(42)31(24)48-35(49-33)54-19-38-11-7-13-52(38)18-22(40)15-38)23-9-10-27(41)32-28(23)25(16-46)34(56-32)50-36(53)55-37(2,3)4/h6,8-10,12,14,17,20,22H,7,11,13,15,18-19H2,1-5H3,(H,50,53)/t20-,22-,38+/m1/s1. The number of alkyl halides is 4. The number of halogens is 6. The largest absolute Gasteiger partial charge is 0.461 e. The minimum absolute atomic E-state index is 0.0399. The number of ether oxygens (including phenoxy) is 2. The zero-order chi connectivity index (χ0) is 40.3. The van der Waals surface area contributed by atoms with Crippen molar-refractivity contribution >= 4 is 49.2 Å². The number of fused-ring (bicyclic) bond motifs is 3. The third-order valence-corrected chi connectivity index (χ3v) is 11.4. The summed E-state index contributed by atoms with van der Waals surface area (Å²) in [6.07, 6.45) is -2.40. The van der Waals surface area contributed by atoms with E-state index >= 15 is 22.0 Å². The van der Waals surface area contributed by atoms with Gasteiger partial charge in [0.05, 0.1) is 27.4 Å². The van der Waals surface area contributed by atoms with Crippen LogP contribution in [0.3, 0.4) is 0 Å². The number of carbonyl (C=O) groups is 1. The summed E-state index contributed by atoms with van der Waals surface area (Å²) in [5.41, 5.74) is -4.73. The van der Waals surface area contributed by atoms with E-state index < -0.39 is 75.0 Å². The molecule has 0 spiro atoms. The van der Waals surface area contributed by atoms with E-state index in [-0.39, 0.29) is 51.9 Å². The monoisotopic (exact) mass is 797 g/mol. The first-order chi connectivity index (χ1) is 26.4. The third-order valence-electron chi connectivity index (χ3n) is 10.3. The summed E-state index contributed by atoms with van der Waals surface area (Å²) >= 11 is 0.595. The molecular formula is C39H37F6N7O3S. The first kappa shape index (κ1) is 39.0. The van der Waals surface area contributed by atoms with Crippen LogP contribution < -0.4 is 15.0 Å². The van der Waals surface area contributed by atoms with Crippen molar-refractivity contribution in [3.8, 4) is 23.2 Å². The summed E-state index contributed by atoms with van der Waals surface area (Å²) in [5.74, 6) is -2.43. The SMILES string of the molecule is C[C@H](c1cccnc1)N(C)c1nc(OC[C@@]23CCCN2C[C@H](F)C3)nc2c(F)c(-c3ccc(F)c4sc(NC(=O)OC(C)(C)C)c(C#N)c34)c(C(F)(F)F)cc12. The van der Waals surface area contributed by atoms with Crippen molar-refractivity contribution in [1.82, 2.24) is 19.9 Å². The van der Waals surface area contributed by atoms with Crippen molar-refractivity contribution < 1.29 is 40.6 Å². The van der Waals surface area contributed by atoms with Gasteiger partial charge in [0.15, 0.2) is 5.82 Å². The van der Waals surface area contributed by atoms with Crippen molar-refractivity contribution in [2.24, 2.45) is 0 Å². The molecule has 2 aliphatic heterocycles. The van der Waals surface area contributed by atoms with Crippen molar-refractivity contribution in [3.63, 3.8) is 0 Å². The first-order valence-corrected chi connectivity index (χ1v) is 18.6. The number of carbonyl (C=O) groups excluding carboxylic acids is 1. The lowest BCUT2D eigenvalue weighted by Gasteiger charge is -2.31. The Hall–Kier alpha value is -5.21. The van der Waals surface area contributed by atoms with Gasteiger partial charge in [-0.05, 0) is 76.4 Å². The molecule has 10 nitrogen and oxygen atoms in total. The lowest BCUT2D eigenvalue weighted by Crippen LogP contribution is -2.43. The van der Waals surface area contributed by atoms with Gasteiger partial charge in [-0.2, -0.15) is 28.4 Å². The normalized spacial score (nSPS) is 19.2. The zero-order valence-electron chi connectivity index (χ0n) is 31.0. The van der Waals surface area contributed by atoms with Crippen LogP contribution in [0.4, 0.5) is 42.0 Å². The van der Waals surface area contributed by atoms with Gasteiger partial charge < -0.3 is 14.4 Å². The van der Waals surface area contributed by atoms with E-state index in [4.69, 9.17) is 9.47 Å². The molecule has 5 aromatic rings. The number of rotatable bonds is 8. The molecule has 0 aliphatic carbocycles. The van der Waals surface area contributed by atoms with Crippen molar-refractivity contribution in [2.75, 3.05) is 37.0 Å². The Morgan fingerprint density at radius 3 is 2.66 bits per heavy atom. The molecule has 3 aromatic heterocycles. The van der Waals surface area contributed by atoms with Crippen LogP contribution in [0.15, 0.2) is 42.7 Å². The predicted octanol–water partition coefficient (Wildman–Crippen LogP) is 9.57. The number of pyridine rings is 1. The van der Waals surface area contributed by atoms with Gasteiger partial charge in [0.1, 0.15) is 46.6 Å². The molecule has 0 saturated carbocycles. The summed E-state index contributed by atoms with van der Waals surface area (Å²) in [4.78, 5) is 29.2. The molecule has 5 heterocycles. The number of aromatic nitrogens is 3. The first-order valence-electron chi connectivity index (χ1n) is 17.8. The second-order valence-corrected chi connectivity index (χ2v) is 16.1. The molecule has 2 fully saturated rings. The second-order valence-electron chi connectivity index (χ2n) is 15.1. The molecule has 0 bridgehead atoms. The van der Waals surface area contributed by atoms with E-state index in [1.165, 1.54) is 0 Å². The highest BCUT2D eigenvalue weighted by Crippen LogP contribution is 2.49. The summed E-state index contributed by atoms with van der Waals surface area (Å²) in [7, 11) is 1.58. The Balaban J connectivity index is 1.45. The van der Waals surface area contributed by atoms with Crippen LogP contribution in [0.1, 0.15) is 69.7 Å². The number of amides is 1. The molecule has 2 aliphatic rings. The van der Waals surface area contributed by atoms with Gasteiger partial charge in [0.2, 0.25) is 0 Å². The maximum atomic E-state index is 17.4. The minimum Gasteiger partial charge on any atom is -0.461 e. The summed E-state index contributed by atoms with van der Waals surface area (Å²) in [5, 5.41) is 11.8. The van der Waals surface area contributed by atoms with Crippen molar-refractivity contribution in [3.05, 3.63) is 71.1 Å². The fourth-order valence-corrected chi connectivity index (χ4v) is 8.73. The Bertz CT molecular complexity index is 2380. The van der Waals surface area contributed by atoms with Crippen molar-refractivity contribution in [1.29, 1.82) is 5.26 Å². The van der Waals surface area contributed by atoms with Gasteiger partial charge in [-0.1, -0.05) is 12.1 Å². The van der Waals surface area contributed by atoms with E-state index in [1.807, 2.05) is 11.0 Å². The molecular weight excluding hydrogens is 761 g/mol. The smallest absolute Gasteiger partial charge is 0.417 e. The maximum Gasteiger partial charge on any atom is 0.417 e. The molecule has 0 unspecified atom stereocenters. The number of nitrogens with one attached hydrogen (secondary N) is 1. The number of nitriles is 1.